The predicted molar refractivity (Wildman–Crippen MR) is 63.4 cm³/mol. The van der Waals surface area contributed by atoms with Crippen LogP contribution < -0.4 is 5.32 Å². The second-order valence-corrected chi connectivity index (χ2v) is 3.63. The van der Waals surface area contributed by atoms with Crippen molar-refractivity contribution in [2.24, 2.45) is 0 Å². The molecular weight excluding hydrogens is 238 g/mol. The molecule has 3 N–H and O–H groups in total. The number of aliphatic carboxylic acids is 1. The van der Waals surface area contributed by atoms with E-state index >= 15 is 0 Å². The number of nitrogens with one attached hydrogen (secondary N) is 1. The molecule has 0 radical (unpaired) electrons. The number of ether oxygens (including phenoxy) is 1. The Bertz CT molecular complexity index is 415. The van der Waals surface area contributed by atoms with Crippen molar-refractivity contribution in [1.82, 2.24) is 5.32 Å². The summed E-state index contributed by atoms with van der Waals surface area (Å²) in [6.45, 7) is 1.81. The molecule has 0 aliphatic carbocycles. The third-order valence-electron chi connectivity index (χ3n) is 2.24. The molecule has 0 saturated heterocycles. The second-order valence-electron chi connectivity index (χ2n) is 3.63. The Hall–Kier alpha value is -2.24. The van der Waals surface area contributed by atoms with E-state index in [1.807, 2.05) is 0 Å². The summed E-state index contributed by atoms with van der Waals surface area (Å²) in [7, 11) is 0. The first-order valence-electron chi connectivity index (χ1n) is 5.47. The lowest BCUT2D eigenvalue weighted by Crippen LogP contribution is -2.42. The summed E-state index contributed by atoms with van der Waals surface area (Å²) in [6.07, 6.45) is -0.641. The molecule has 1 rings (SSSR count). The molecule has 0 spiro atoms. The van der Waals surface area contributed by atoms with Gasteiger partial charge in [0.25, 0.3) is 0 Å². The van der Waals surface area contributed by atoms with Gasteiger partial charge in [0.1, 0.15) is 11.8 Å². The molecule has 0 heterocycles. The maximum atomic E-state index is 11.2. The van der Waals surface area contributed by atoms with Crippen LogP contribution in [0.4, 0.5) is 4.79 Å². The number of aromatic hydroxyl groups is 1. The number of carboxylic acid groups (broad SMARTS) is 1. The van der Waals surface area contributed by atoms with Gasteiger partial charge in [0, 0.05) is 6.42 Å². The van der Waals surface area contributed by atoms with Gasteiger partial charge in [-0.2, -0.15) is 0 Å². The molecule has 1 aromatic carbocycles. The van der Waals surface area contributed by atoms with Gasteiger partial charge in [-0.05, 0) is 24.6 Å². The lowest BCUT2D eigenvalue weighted by Gasteiger charge is -2.14. The van der Waals surface area contributed by atoms with Gasteiger partial charge >= 0.3 is 12.1 Å². The maximum absolute atomic E-state index is 11.2. The number of benzene rings is 1. The van der Waals surface area contributed by atoms with Crippen LogP contribution >= 0.6 is 0 Å². The van der Waals surface area contributed by atoms with E-state index in [0.717, 1.165) is 0 Å². The maximum Gasteiger partial charge on any atom is 0.407 e. The quantitative estimate of drug-likeness (QED) is 0.731. The lowest BCUT2D eigenvalue weighted by atomic mass is 10.1. The standard InChI is InChI=1S/C12H15NO5/c1-2-18-12(17)13-10(11(15)16)7-8-3-5-9(14)6-4-8/h3-6,10,14H,2,7H2,1H3,(H,13,17)(H,15,16)/t10-/m0/s1. The first kappa shape index (κ1) is 13.8. The van der Waals surface area contributed by atoms with E-state index in [0.29, 0.717) is 5.56 Å². The molecule has 18 heavy (non-hydrogen) atoms. The molecular formula is C12H15NO5. The van der Waals surface area contributed by atoms with Crippen molar-refractivity contribution in [3.63, 3.8) is 0 Å². The SMILES string of the molecule is CCOC(=O)N[C@@H](Cc1ccc(O)cc1)C(=O)O. The Labute approximate surface area is 104 Å². The van der Waals surface area contributed by atoms with Gasteiger partial charge in [-0.15, -0.1) is 0 Å². The summed E-state index contributed by atoms with van der Waals surface area (Å²) in [6, 6.07) is 5.04. The molecule has 1 amide bonds. The highest BCUT2D eigenvalue weighted by molar-refractivity contribution is 5.80. The van der Waals surface area contributed by atoms with E-state index in [1.165, 1.54) is 12.1 Å². The zero-order valence-corrected chi connectivity index (χ0v) is 9.92. The first-order valence-corrected chi connectivity index (χ1v) is 5.47. The summed E-state index contributed by atoms with van der Waals surface area (Å²) in [5, 5.41) is 20.4. The number of amides is 1. The van der Waals surface area contributed by atoms with Gasteiger partial charge in [-0.1, -0.05) is 12.1 Å². The van der Waals surface area contributed by atoms with Crippen LogP contribution in [0.25, 0.3) is 0 Å². The number of carbonyl (C=O) groups excluding carboxylic acids is 1. The molecule has 0 aliphatic rings. The van der Waals surface area contributed by atoms with Crippen molar-refractivity contribution in [3.05, 3.63) is 29.8 Å². The Balaban J connectivity index is 2.65. The normalized spacial score (nSPS) is 11.6. The fourth-order valence-corrected chi connectivity index (χ4v) is 1.38. The van der Waals surface area contributed by atoms with Gasteiger partial charge in [-0.25, -0.2) is 9.59 Å². The number of rotatable bonds is 5. The van der Waals surface area contributed by atoms with E-state index in [1.54, 1.807) is 19.1 Å². The molecule has 0 saturated carbocycles. The molecule has 6 heteroatoms. The van der Waals surface area contributed by atoms with Crippen LogP contribution in [0.2, 0.25) is 0 Å². The minimum absolute atomic E-state index is 0.101. The first-order chi connectivity index (χ1) is 8.52. The third kappa shape index (κ3) is 4.32. The Kier molecular flexibility index (Phi) is 4.98. The van der Waals surface area contributed by atoms with Crippen LogP contribution in [-0.2, 0) is 16.0 Å². The highest BCUT2D eigenvalue weighted by atomic mass is 16.5. The van der Waals surface area contributed by atoms with Crippen LogP contribution in [0.5, 0.6) is 5.75 Å². The topological polar surface area (TPSA) is 95.9 Å². The molecule has 0 aromatic heterocycles. The number of alkyl carbamates (subject to hydrolysis) is 1. The summed E-state index contributed by atoms with van der Waals surface area (Å²) in [4.78, 5) is 22.2. The smallest absolute Gasteiger partial charge is 0.407 e. The monoisotopic (exact) mass is 253 g/mol. The molecule has 0 fully saturated rings. The molecule has 0 aliphatic heterocycles. The van der Waals surface area contributed by atoms with Crippen LogP contribution in [0, 0.1) is 0 Å². The number of phenolic OH excluding ortho intramolecular Hbond substituents is 1. The van der Waals surface area contributed by atoms with Crippen LogP contribution in [0.15, 0.2) is 24.3 Å². The van der Waals surface area contributed by atoms with Crippen LogP contribution in [-0.4, -0.2) is 34.9 Å². The summed E-state index contributed by atoms with van der Waals surface area (Å²) < 4.78 is 4.63. The summed E-state index contributed by atoms with van der Waals surface area (Å²) in [5.74, 6) is -1.04. The Morgan fingerprint density at radius 1 is 1.33 bits per heavy atom. The molecule has 1 aromatic rings. The molecule has 98 valence electrons. The van der Waals surface area contributed by atoms with Crippen molar-refractivity contribution >= 4 is 12.1 Å². The highest BCUT2D eigenvalue weighted by Gasteiger charge is 2.20. The zero-order chi connectivity index (χ0) is 13.5. The molecule has 0 unspecified atom stereocenters. The number of carbonyl (C=O) groups is 2. The van der Waals surface area contributed by atoms with E-state index < -0.39 is 18.1 Å². The van der Waals surface area contributed by atoms with Gasteiger partial charge in [0.05, 0.1) is 6.61 Å². The fourth-order valence-electron chi connectivity index (χ4n) is 1.38. The van der Waals surface area contributed by atoms with E-state index in [4.69, 9.17) is 10.2 Å². The predicted octanol–water partition coefficient (Wildman–Crippen LogP) is 1.13. The minimum atomic E-state index is -1.14. The van der Waals surface area contributed by atoms with E-state index in [2.05, 4.69) is 10.1 Å². The number of hydrogen-bond acceptors (Lipinski definition) is 4. The van der Waals surface area contributed by atoms with Crippen LogP contribution in [0.3, 0.4) is 0 Å². The van der Waals surface area contributed by atoms with Crippen molar-refractivity contribution in [2.45, 2.75) is 19.4 Å². The van der Waals surface area contributed by atoms with Crippen molar-refractivity contribution in [1.29, 1.82) is 0 Å². The minimum Gasteiger partial charge on any atom is -0.508 e. The third-order valence-corrected chi connectivity index (χ3v) is 2.24. The van der Waals surface area contributed by atoms with E-state index in [9.17, 15) is 9.59 Å². The van der Waals surface area contributed by atoms with Crippen molar-refractivity contribution in [2.75, 3.05) is 6.61 Å². The van der Waals surface area contributed by atoms with Gasteiger partial charge < -0.3 is 20.3 Å². The van der Waals surface area contributed by atoms with Gasteiger partial charge in [0.15, 0.2) is 0 Å². The van der Waals surface area contributed by atoms with E-state index in [-0.39, 0.29) is 18.8 Å². The summed E-state index contributed by atoms with van der Waals surface area (Å²) in [5.41, 5.74) is 0.692. The average molecular weight is 253 g/mol. The molecule has 6 nitrogen and oxygen atoms in total. The molecule has 0 bridgehead atoms. The average Bonchev–Trinajstić information content (AvgIpc) is 2.31. The van der Waals surface area contributed by atoms with Crippen molar-refractivity contribution in [3.8, 4) is 5.75 Å². The fraction of sp³-hybridized carbons (Fsp3) is 0.333. The zero-order valence-electron chi connectivity index (χ0n) is 9.92. The van der Waals surface area contributed by atoms with Gasteiger partial charge in [0.2, 0.25) is 0 Å². The van der Waals surface area contributed by atoms with Gasteiger partial charge in [-0.3, -0.25) is 0 Å². The summed E-state index contributed by atoms with van der Waals surface area (Å²) >= 11 is 0. The number of phenols is 1. The Morgan fingerprint density at radius 3 is 2.44 bits per heavy atom. The Morgan fingerprint density at radius 2 is 1.94 bits per heavy atom. The largest absolute Gasteiger partial charge is 0.508 e. The van der Waals surface area contributed by atoms with Crippen LogP contribution in [0.1, 0.15) is 12.5 Å². The molecule has 1 atom stereocenters. The van der Waals surface area contributed by atoms with Crippen molar-refractivity contribution < 1.29 is 24.5 Å². The number of hydrogen-bond donors (Lipinski definition) is 3. The highest BCUT2D eigenvalue weighted by Crippen LogP contribution is 2.11. The lowest BCUT2D eigenvalue weighted by molar-refractivity contribution is -0.139. The number of carboxylic acids is 1. The second kappa shape index (κ2) is 6.48.